The molecule has 12 aromatic carbocycles. The van der Waals surface area contributed by atoms with Gasteiger partial charge in [-0.15, -0.1) is 34.0 Å². The molecule has 0 N–H and O–H groups in total. The first-order valence-electron chi connectivity index (χ1n) is 30.0. The number of anilines is 2. The third kappa shape index (κ3) is 6.96. The summed E-state index contributed by atoms with van der Waals surface area (Å²) in [6.45, 7) is 0. The molecular weight excluding hydrogens is 1130 g/mol. The zero-order valence-electron chi connectivity index (χ0n) is 47.1. The van der Waals surface area contributed by atoms with Gasteiger partial charge in [-0.2, -0.15) is 0 Å². The Morgan fingerprint density at radius 1 is 0.352 bits per heavy atom. The standard InChI is InChI=1S/C80H47N5S3/c1-7-25-67-53(19-1)59-36-39-62-56-22-4-10-28-70(56)86-77(62)74(59)83(67)50-34-31-46(32-35-50)80-81-66-42-33-48(47-15-13-17-51(43-47)84-68-26-8-2-20-54(68)60-37-40-63-57-23-5-11-29-71(57)87-78(63)75(60)84)45-65(66)73(82-80)49-16-14-18-52(44-49)85-69-27-9-3-21-55(69)61-38-41-64-58-24-6-12-30-72(58)88-79(64)76(61)85/h1-45,60,75H. The fourth-order valence-corrected chi connectivity index (χ4v) is 18.8. The fourth-order valence-electron chi connectivity index (χ4n) is 15.0. The summed E-state index contributed by atoms with van der Waals surface area (Å²) >= 11 is 5.70. The van der Waals surface area contributed by atoms with Gasteiger partial charge in [-0.05, 0) is 119 Å². The monoisotopic (exact) mass is 1170 g/mol. The minimum atomic E-state index is 0.144. The van der Waals surface area contributed by atoms with Crippen LogP contribution in [0.25, 0.3) is 156 Å². The highest BCUT2D eigenvalue weighted by Gasteiger charge is 2.43. The lowest BCUT2D eigenvalue weighted by molar-refractivity contribution is 0.681. The van der Waals surface area contributed by atoms with Crippen molar-refractivity contribution in [3.05, 3.63) is 283 Å². The minimum Gasteiger partial charge on any atom is -0.332 e. The average molecular weight is 1170 g/mol. The Bertz CT molecular complexity index is 6050. The van der Waals surface area contributed by atoms with Crippen LogP contribution in [0, 0.1) is 0 Å². The Kier molecular flexibility index (Phi) is 10.3. The van der Waals surface area contributed by atoms with Crippen molar-refractivity contribution in [2.24, 2.45) is 0 Å². The molecule has 0 spiro atoms. The molecule has 0 amide bonds. The zero-order valence-corrected chi connectivity index (χ0v) is 49.5. The Labute approximate surface area is 516 Å². The summed E-state index contributed by atoms with van der Waals surface area (Å²) in [7, 11) is 0. The van der Waals surface area contributed by atoms with Gasteiger partial charge in [-0.3, -0.25) is 0 Å². The summed E-state index contributed by atoms with van der Waals surface area (Å²) in [6, 6.07) is 96.5. The van der Waals surface area contributed by atoms with Crippen LogP contribution in [0.1, 0.15) is 28.0 Å². The van der Waals surface area contributed by atoms with Gasteiger partial charge in [-0.25, -0.2) is 9.97 Å². The molecule has 88 heavy (non-hydrogen) atoms. The van der Waals surface area contributed by atoms with Crippen LogP contribution < -0.4 is 4.90 Å². The van der Waals surface area contributed by atoms with Crippen LogP contribution in [0.4, 0.5) is 11.4 Å². The van der Waals surface area contributed by atoms with Crippen molar-refractivity contribution in [1.82, 2.24) is 19.1 Å². The van der Waals surface area contributed by atoms with Crippen molar-refractivity contribution in [2.45, 2.75) is 12.0 Å². The maximum absolute atomic E-state index is 5.71. The van der Waals surface area contributed by atoms with E-state index in [4.69, 9.17) is 9.97 Å². The highest BCUT2D eigenvalue weighted by Crippen LogP contribution is 2.59. The molecule has 1 aliphatic heterocycles. The van der Waals surface area contributed by atoms with Gasteiger partial charge in [0.25, 0.3) is 0 Å². The van der Waals surface area contributed by atoms with Crippen LogP contribution in [-0.4, -0.2) is 19.1 Å². The predicted octanol–water partition coefficient (Wildman–Crippen LogP) is 22.8. The maximum atomic E-state index is 5.71. The maximum Gasteiger partial charge on any atom is 0.160 e. The smallest absolute Gasteiger partial charge is 0.160 e. The number of fused-ring (bicyclic) bond motifs is 22. The van der Waals surface area contributed by atoms with Crippen LogP contribution in [-0.2, 0) is 0 Å². The van der Waals surface area contributed by atoms with E-state index < -0.39 is 0 Å². The Morgan fingerprint density at radius 3 is 1.60 bits per heavy atom. The molecule has 0 bridgehead atoms. The highest BCUT2D eigenvalue weighted by atomic mass is 32.1. The molecule has 2 aliphatic rings. The number of rotatable bonds is 6. The minimum absolute atomic E-state index is 0.144. The second-order valence-electron chi connectivity index (χ2n) is 23.5. The van der Waals surface area contributed by atoms with Crippen LogP contribution in [0.2, 0.25) is 0 Å². The lowest BCUT2D eigenvalue weighted by atomic mass is 9.87. The lowest BCUT2D eigenvalue weighted by Crippen LogP contribution is -2.22. The van der Waals surface area contributed by atoms with E-state index in [2.05, 4.69) is 287 Å². The molecule has 18 aromatic rings. The molecule has 0 saturated carbocycles. The molecular formula is C80H47N5S3. The average Bonchev–Trinajstić information content (AvgIpc) is 2.59. The SMILES string of the molecule is C1=CC2c3ccccc3N(c3cccc(-c4ccc5nc(-c6ccc(-n7c8ccccc8c8ccc9c%10ccccc%10sc9c87)cc6)nc(-c6cccc(-n7c8ccccc8c8ccc9c%10ccccc%10sc9c87)c6)c5c4)c3)C2c2sc3ccccc3c21. The Morgan fingerprint density at radius 2 is 0.898 bits per heavy atom. The number of thiophene rings is 3. The second kappa shape index (κ2) is 18.5. The number of aromatic nitrogens is 4. The van der Waals surface area contributed by atoms with Crippen molar-refractivity contribution in [3.8, 4) is 45.1 Å². The van der Waals surface area contributed by atoms with Crippen molar-refractivity contribution in [2.75, 3.05) is 4.90 Å². The van der Waals surface area contributed by atoms with Crippen molar-refractivity contribution in [1.29, 1.82) is 0 Å². The second-order valence-corrected chi connectivity index (χ2v) is 26.7. The van der Waals surface area contributed by atoms with Crippen molar-refractivity contribution in [3.63, 3.8) is 0 Å². The zero-order chi connectivity index (χ0) is 57.3. The molecule has 20 rings (SSSR count). The number of hydrogen-bond acceptors (Lipinski definition) is 6. The highest BCUT2D eigenvalue weighted by molar-refractivity contribution is 7.27. The Hall–Kier alpha value is -10.5. The van der Waals surface area contributed by atoms with Gasteiger partial charge in [0.05, 0.1) is 48.7 Å². The molecule has 0 fully saturated rings. The predicted molar refractivity (Wildman–Crippen MR) is 375 cm³/mol. The fraction of sp³-hybridized carbons (Fsp3) is 0.0250. The number of hydrogen-bond donors (Lipinski definition) is 0. The quantitative estimate of drug-likeness (QED) is 0.167. The van der Waals surface area contributed by atoms with E-state index >= 15 is 0 Å². The summed E-state index contributed by atoms with van der Waals surface area (Å²) in [5, 5.41) is 12.5. The van der Waals surface area contributed by atoms with Gasteiger partial charge in [-0.1, -0.05) is 176 Å². The number of nitrogens with zero attached hydrogens (tertiary/aromatic N) is 5. The van der Waals surface area contributed by atoms with Crippen LogP contribution in [0.5, 0.6) is 0 Å². The molecule has 8 heteroatoms. The summed E-state index contributed by atoms with van der Waals surface area (Å²) in [5.74, 6) is 0.920. The van der Waals surface area contributed by atoms with E-state index in [1.165, 1.54) is 121 Å². The van der Waals surface area contributed by atoms with Crippen LogP contribution >= 0.6 is 34.0 Å². The first-order chi connectivity index (χ1) is 43.6. The molecule has 1 aliphatic carbocycles. The third-order valence-corrected chi connectivity index (χ3v) is 22.5. The first kappa shape index (κ1) is 48.7. The summed E-state index contributed by atoms with van der Waals surface area (Å²) in [4.78, 5) is 15.2. The van der Waals surface area contributed by atoms with Gasteiger partial charge >= 0.3 is 0 Å². The van der Waals surface area contributed by atoms with Crippen LogP contribution in [0.15, 0.2) is 267 Å². The van der Waals surface area contributed by atoms with E-state index in [-0.39, 0.29) is 12.0 Å². The molecule has 6 aromatic heterocycles. The van der Waals surface area contributed by atoms with E-state index in [1.807, 2.05) is 34.0 Å². The molecule has 0 radical (unpaired) electrons. The molecule has 410 valence electrons. The van der Waals surface area contributed by atoms with E-state index in [0.717, 1.165) is 50.2 Å². The lowest BCUT2D eigenvalue weighted by Gasteiger charge is -2.32. The van der Waals surface area contributed by atoms with E-state index in [1.54, 1.807) is 0 Å². The van der Waals surface area contributed by atoms with Crippen molar-refractivity contribution < 1.29 is 0 Å². The van der Waals surface area contributed by atoms with Crippen LogP contribution in [0.3, 0.4) is 0 Å². The molecule has 0 saturated heterocycles. The number of para-hydroxylation sites is 3. The number of benzene rings is 12. The summed E-state index contributed by atoms with van der Waals surface area (Å²) < 4.78 is 11.4. The molecule has 7 heterocycles. The van der Waals surface area contributed by atoms with Gasteiger partial charge in [0.15, 0.2) is 5.82 Å². The Balaban J connectivity index is 0.764. The normalized spacial score (nSPS) is 14.8. The first-order valence-corrected chi connectivity index (χ1v) is 32.5. The van der Waals surface area contributed by atoms with E-state index in [9.17, 15) is 0 Å². The van der Waals surface area contributed by atoms with Gasteiger partial charge in [0, 0.05) is 113 Å². The van der Waals surface area contributed by atoms with Gasteiger partial charge < -0.3 is 14.0 Å². The largest absolute Gasteiger partial charge is 0.332 e. The van der Waals surface area contributed by atoms with Gasteiger partial charge in [0.1, 0.15) is 0 Å². The molecule has 2 unspecified atom stereocenters. The topological polar surface area (TPSA) is 38.9 Å². The van der Waals surface area contributed by atoms with Gasteiger partial charge in [0.2, 0.25) is 0 Å². The summed E-state index contributed by atoms with van der Waals surface area (Å²) in [5.41, 5.74) is 18.1. The molecule has 2 atom stereocenters. The third-order valence-electron chi connectivity index (χ3n) is 18.8. The molecule has 5 nitrogen and oxygen atoms in total. The summed E-state index contributed by atoms with van der Waals surface area (Å²) in [6.07, 6.45) is 4.82. The van der Waals surface area contributed by atoms with E-state index in [0.29, 0.717) is 5.82 Å². The van der Waals surface area contributed by atoms with Crippen molar-refractivity contribution >= 4 is 156 Å².